The third-order valence-electron chi connectivity index (χ3n) is 3.28. The van der Waals surface area contributed by atoms with Crippen molar-refractivity contribution < 1.29 is 26.4 Å². The van der Waals surface area contributed by atoms with Gasteiger partial charge in [-0.15, -0.1) is 0 Å². The molecule has 1 heterocycles. The maximum absolute atomic E-state index is 13.7. The molecule has 0 spiro atoms. The molecule has 0 radical (unpaired) electrons. The summed E-state index contributed by atoms with van der Waals surface area (Å²) in [4.78, 5) is 3.82. The first-order valence-electron chi connectivity index (χ1n) is 6.35. The quantitative estimate of drug-likeness (QED) is 0.387. The van der Waals surface area contributed by atoms with Gasteiger partial charge in [-0.25, -0.2) is 26.9 Å². The van der Waals surface area contributed by atoms with E-state index in [4.69, 9.17) is 4.42 Å². The lowest BCUT2D eigenvalue weighted by atomic mass is 10.1. The predicted octanol–water partition coefficient (Wildman–Crippen LogP) is 4.75. The van der Waals surface area contributed by atoms with Gasteiger partial charge < -0.3 is 4.42 Å². The number of rotatable bonds is 2. The third kappa shape index (κ3) is 2.04. The van der Waals surface area contributed by atoms with Crippen LogP contribution < -0.4 is 0 Å². The fourth-order valence-electron chi connectivity index (χ4n) is 2.09. The molecule has 22 heavy (non-hydrogen) atoms. The summed E-state index contributed by atoms with van der Waals surface area (Å²) in [5.41, 5.74) is 0.185. The highest BCUT2D eigenvalue weighted by Crippen LogP contribution is 2.33. The van der Waals surface area contributed by atoms with Gasteiger partial charge in [-0.2, -0.15) is 0 Å². The zero-order valence-corrected chi connectivity index (χ0v) is 11.2. The monoisotopic (exact) mass is 313 g/mol. The molecule has 0 N–H and O–H groups in total. The molecule has 0 fully saturated rings. The number of halogens is 5. The van der Waals surface area contributed by atoms with E-state index in [2.05, 4.69) is 4.98 Å². The number of hydrogen-bond acceptors (Lipinski definition) is 2. The van der Waals surface area contributed by atoms with E-state index in [1.54, 1.807) is 12.1 Å². The van der Waals surface area contributed by atoms with Gasteiger partial charge in [-0.3, -0.25) is 0 Å². The van der Waals surface area contributed by atoms with Crippen molar-refractivity contribution >= 4 is 11.1 Å². The number of oxazole rings is 1. The molecule has 0 saturated carbocycles. The van der Waals surface area contributed by atoms with Gasteiger partial charge in [0.15, 0.2) is 28.9 Å². The molecule has 0 aliphatic heterocycles. The number of aryl methyl sites for hydroxylation is 1. The lowest BCUT2D eigenvalue weighted by Crippen LogP contribution is -2.04. The number of nitrogens with zero attached hydrogens (tertiary/aromatic N) is 1. The van der Waals surface area contributed by atoms with E-state index < -0.39 is 40.5 Å². The van der Waals surface area contributed by atoms with Crippen LogP contribution in [0.25, 0.3) is 22.6 Å². The van der Waals surface area contributed by atoms with E-state index in [1.807, 2.05) is 6.92 Å². The SMILES string of the molecule is CCc1ccc2oc(-c3c(F)c(F)c(F)c(F)c3F)nc2c1. The van der Waals surface area contributed by atoms with Crippen LogP contribution in [-0.2, 0) is 6.42 Å². The van der Waals surface area contributed by atoms with Gasteiger partial charge in [0, 0.05) is 0 Å². The number of fused-ring (bicyclic) bond motifs is 1. The first-order chi connectivity index (χ1) is 10.4. The zero-order valence-electron chi connectivity index (χ0n) is 11.2. The Labute approximate surface area is 121 Å². The number of aromatic nitrogens is 1. The molecular weight excluding hydrogens is 305 g/mol. The van der Waals surface area contributed by atoms with Gasteiger partial charge in [0.05, 0.1) is 0 Å². The van der Waals surface area contributed by atoms with Crippen LogP contribution in [0.15, 0.2) is 22.6 Å². The minimum atomic E-state index is -2.22. The predicted molar refractivity (Wildman–Crippen MR) is 68.6 cm³/mol. The Morgan fingerprint density at radius 3 is 2.09 bits per heavy atom. The van der Waals surface area contributed by atoms with Crippen molar-refractivity contribution in [2.24, 2.45) is 0 Å². The highest BCUT2D eigenvalue weighted by atomic mass is 19.2. The Hall–Kier alpha value is -2.44. The van der Waals surface area contributed by atoms with Crippen LogP contribution in [0.2, 0.25) is 0 Å². The van der Waals surface area contributed by atoms with E-state index in [-0.39, 0.29) is 11.1 Å². The smallest absolute Gasteiger partial charge is 0.233 e. The molecule has 0 aliphatic carbocycles. The second-order valence-electron chi connectivity index (χ2n) is 4.62. The minimum Gasteiger partial charge on any atom is -0.436 e. The Kier molecular flexibility index (Phi) is 3.35. The van der Waals surface area contributed by atoms with Crippen LogP contribution in [-0.4, -0.2) is 4.98 Å². The van der Waals surface area contributed by atoms with Crippen molar-refractivity contribution in [1.82, 2.24) is 4.98 Å². The van der Waals surface area contributed by atoms with E-state index >= 15 is 0 Å². The largest absolute Gasteiger partial charge is 0.436 e. The summed E-state index contributed by atoms with van der Waals surface area (Å²) in [7, 11) is 0. The van der Waals surface area contributed by atoms with Crippen molar-refractivity contribution in [3.8, 4) is 11.5 Å². The van der Waals surface area contributed by atoms with E-state index in [0.29, 0.717) is 6.42 Å². The third-order valence-corrected chi connectivity index (χ3v) is 3.28. The van der Waals surface area contributed by atoms with Crippen molar-refractivity contribution in [3.05, 3.63) is 52.8 Å². The molecule has 3 rings (SSSR count). The van der Waals surface area contributed by atoms with Crippen LogP contribution in [0, 0.1) is 29.1 Å². The van der Waals surface area contributed by atoms with Crippen molar-refractivity contribution in [2.45, 2.75) is 13.3 Å². The Bertz CT molecular complexity index is 858. The molecule has 0 aliphatic rings. The van der Waals surface area contributed by atoms with Crippen LogP contribution in [0.4, 0.5) is 22.0 Å². The van der Waals surface area contributed by atoms with Crippen LogP contribution in [0.5, 0.6) is 0 Å². The summed E-state index contributed by atoms with van der Waals surface area (Å²) in [5.74, 6) is -10.9. The van der Waals surface area contributed by atoms with Gasteiger partial charge in [-0.1, -0.05) is 13.0 Å². The highest BCUT2D eigenvalue weighted by molar-refractivity contribution is 5.77. The molecule has 0 atom stereocenters. The van der Waals surface area contributed by atoms with Crippen LogP contribution in [0.1, 0.15) is 12.5 Å². The molecule has 0 unspecified atom stereocenters. The van der Waals surface area contributed by atoms with Crippen molar-refractivity contribution in [3.63, 3.8) is 0 Å². The van der Waals surface area contributed by atoms with Gasteiger partial charge in [0.1, 0.15) is 11.1 Å². The summed E-state index contributed by atoms with van der Waals surface area (Å²) in [6.07, 6.45) is 0.695. The van der Waals surface area contributed by atoms with Gasteiger partial charge in [0.25, 0.3) is 0 Å². The summed E-state index contributed by atoms with van der Waals surface area (Å²) in [5, 5.41) is 0. The topological polar surface area (TPSA) is 26.0 Å². The van der Waals surface area contributed by atoms with E-state index in [1.165, 1.54) is 6.07 Å². The highest BCUT2D eigenvalue weighted by Gasteiger charge is 2.29. The van der Waals surface area contributed by atoms with Gasteiger partial charge in [0.2, 0.25) is 11.7 Å². The van der Waals surface area contributed by atoms with E-state index in [9.17, 15) is 22.0 Å². The molecule has 0 amide bonds. The molecule has 2 aromatic carbocycles. The second-order valence-corrected chi connectivity index (χ2v) is 4.62. The number of benzene rings is 2. The summed E-state index contributed by atoms with van der Waals surface area (Å²) in [6, 6.07) is 4.86. The fourth-order valence-corrected chi connectivity index (χ4v) is 2.09. The first-order valence-corrected chi connectivity index (χ1v) is 6.35. The average molecular weight is 313 g/mol. The normalized spacial score (nSPS) is 11.4. The standard InChI is InChI=1S/C15H8F5NO/c1-2-6-3-4-8-7(5-6)21-15(22-8)9-10(16)12(18)14(20)13(19)11(9)17/h3-5H,2H2,1H3. The summed E-state index contributed by atoms with van der Waals surface area (Å²) >= 11 is 0. The van der Waals surface area contributed by atoms with Crippen LogP contribution >= 0.6 is 0 Å². The first kappa shape index (κ1) is 14.5. The summed E-state index contributed by atoms with van der Waals surface area (Å²) in [6.45, 7) is 1.90. The number of hydrogen-bond donors (Lipinski definition) is 0. The Morgan fingerprint density at radius 1 is 0.909 bits per heavy atom. The van der Waals surface area contributed by atoms with E-state index in [0.717, 1.165) is 5.56 Å². The van der Waals surface area contributed by atoms with Crippen molar-refractivity contribution in [2.75, 3.05) is 0 Å². The van der Waals surface area contributed by atoms with Crippen molar-refractivity contribution in [1.29, 1.82) is 0 Å². The molecule has 1 aromatic heterocycles. The molecule has 7 heteroatoms. The Morgan fingerprint density at radius 2 is 1.50 bits per heavy atom. The molecule has 114 valence electrons. The van der Waals surface area contributed by atoms with Crippen LogP contribution in [0.3, 0.4) is 0 Å². The lowest BCUT2D eigenvalue weighted by molar-refractivity contribution is 0.379. The summed E-state index contributed by atoms with van der Waals surface area (Å²) < 4.78 is 72.1. The Balaban J connectivity index is 2.28. The molecule has 0 bridgehead atoms. The zero-order chi connectivity index (χ0) is 16.0. The fraction of sp³-hybridized carbons (Fsp3) is 0.133. The minimum absolute atomic E-state index is 0.191. The molecule has 2 nitrogen and oxygen atoms in total. The second kappa shape index (κ2) is 5.08. The maximum Gasteiger partial charge on any atom is 0.233 e. The lowest BCUT2D eigenvalue weighted by Gasteiger charge is -2.04. The van der Waals surface area contributed by atoms with Gasteiger partial charge >= 0.3 is 0 Å². The average Bonchev–Trinajstić information content (AvgIpc) is 2.93. The molecule has 3 aromatic rings. The van der Waals surface area contributed by atoms with Gasteiger partial charge in [-0.05, 0) is 24.1 Å². The maximum atomic E-state index is 13.7. The molecule has 0 saturated heterocycles. The molecular formula is C15H8F5NO.